The number of pyridine rings is 1. The zero-order valence-corrected chi connectivity index (χ0v) is 19.5. The number of hydrogen-bond acceptors (Lipinski definition) is 4. The normalized spacial score (nSPS) is 21.3. The summed E-state index contributed by atoms with van der Waals surface area (Å²) in [6, 6.07) is 8.15. The fourth-order valence-corrected chi connectivity index (χ4v) is 4.88. The van der Waals surface area contributed by atoms with E-state index < -0.39 is 17.6 Å². The molecule has 2 aromatic rings. The Morgan fingerprint density at radius 2 is 1.71 bits per heavy atom. The van der Waals surface area contributed by atoms with E-state index in [0.717, 1.165) is 49.4 Å². The van der Waals surface area contributed by atoms with Crippen LogP contribution in [0.1, 0.15) is 53.2 Å². The van der Waals surface area contributed by atoms with Crippen molar-refractivity contribution in [2.45, 2.75) is 56.9 Å². The van der Waals surface area contributed by atoms with Gasteiger partial charge in [0, 0.05) is 43.0 Å². The summed E-state index contributed by atoms with van der Waals surface area (Å²) in [6.07, 6.45) is 1.22. The number of nitrogens with one attached hydrogen (secondary N) is 2. The van der Waals surface area contributed by atoms with Crippen molar-refractivity contribution in [3.8, 4) is 0 Å². The molecule has 0 unspecified atom stereocenters. The third-order valence-electron chi connectivity index (χ3n) is 6.80. The molecule has 1 aliphatic heterocycles. The first-order valence-electron chi connectivity index (χ1n) is 11.8. The molecule has 7 nitrogen and oxygen atoms in total. The number of halogens is 3. The van der Waals surface area contributed by atoms with Gasteiger partial charge in [-0.2, -0.15) is 13.2 Å². The molecule has 2 fully saturated rings. The summed E-state index contributed by atoms with van der Waals surface area (Å²) in [7, 11) is 0. The Labute approximate surface area is 201 Å². The highest BCUT2D eigenvalue weighted by Gasteiger charge is 2.35. The fourth-order valence-electron chi connectivity index (χ4n) is 4.88. The van der Waals surface area contributed by atoms with Gasteiger partial charge in [0.1, 0.15) is 0 Å². The number of likely N-dealkylation sites (tertiary alicyclic amines) is 1. The van der Waals surface area contributed by atoms with E-state index in [1.54, 1.807) is 6.07 Å². The highest BCUT2D eigenvalue weighted by molar-refractivity contribution is 5.96. The van der Waals surface area contributed by atoms with Crippen molar-refractivity contribution >= 4 is 11.8 Å². The predicted octanol–water partition coefficient (Wildman–Crippen LogP) is 2.89. The number of carbonyl (C=O) groups is 2. The van der Waals surface area contributed by atoms with Gasteiger partial charge in [-0.05, 0) is 56.4 Å². The molecule has 0 atom stereocenters. The van der Waals surface area contributed by atoms with Crippen molar-refractivity contribution in [1.29, 1.82) is 0 Å². The second kappa shape index (κ2) is 10.2. The number of hydrogen-bond donors (Lipinski definition) is 2. The number of alkyl halides is 3. The van der Waals surface area contributed by atoms with E-state index in [1.807, 2.05) is 23.8 Å². The minimum Gasteiger partial charge on any atom is -0.349 e. The summed E-state index contributed by atoms with van der Waals surface area (Å²) in [6.45, 7) is 3.11. The van der Waals surface area contributed by atoms with Crippen LogP contribution < -0.4 is 16.2 Å². The fraction of sp³-hybridized carbons (Fsp3) is 0.480. The van der Waals surface area contributed by atoms with Gasteiger partial charge in [0.15, 0.2) is 0 Å². The maximum absolute atomic E-state index is 12.8. The Bertz CT molecular complexity index is 1130. The van der Waals surface area contributed by atoms with E-state index in [0.29, 0.717) is 19.1 Å². The zero-order chi connectivity index (χ0) is 25.2. The topological polar surface area (TPSA) is 83.4 Å². The lowest BCUT2D eigenvalue weighted by Crippen LogP contribution is -2.63. The van der Waals surface area contributed by atoms with Gasteiger partial charge in [-0.25, -0.2) is 0 Å². The van der Waals surface area contributed by atoms with Crippen molar-refractivity contribution in [2.24, 2.45) is 0 Å². The smallest absolute Gasteiger partial charge is 0.349 e. The van der Waals surface area contributed by atoms with Crippen LogP contribution in [0.4, 0.5) is 13.2 Å². The maximum atomic E-state index is 12.8. The number of rotatable bonds is 6. The van der Waals surface area contributed by atoms with Crippen LogP contribution in [0.2, 0.25) is 0 Å². The van der Waals surface area contributed by atoms with E-state index in [1.165, 1.54) is 6.07 Å². The third-order valence-corrected chi connectivity index (χ3v) is 6.80. The Hall–Kier alpha value is -3.14. The Morgan fingerprint density at radius 1 is 1.03 bits per heavy atom. The number of carbonyl (C=O) groups excluding carboxylic acids is 2. The van der Waals surface area contributed by atoms with E-state index in [-0.39, 0.29) is 35.7 Å². The summed E-state index contributed by atoms with van der Waals surface area (Å²) < 4.78 is 40.3. The van der Waals surface area contributed by atoms with Crippen LogP contribution in [0.5, 0.6) is 0 Å². The van der Waals surface area contributed by atoms with Crippen LogP contribution in [0.3, 0.4) is 0 Å². The first kappa shape index (κ1) is 25.0. The average Bonchev–Trinajstić information content (AvgIpc) is 2.81. The van der Waals surface area contributed by atoms with Crippen molar-refractivity contribution < 1.29 is 22.8 Å². The second-order valence-electron chi connectivity index (χ2n) is 9.39. The highest BCUT2D eigenvalue weighted by atomic mass is 19.4. The van der Waals surface area contributed by atoms with Gasteiger partial charge in [-0.3, -0.25) is 19.3 Å². The number of nitrogens with zero attached hydrogens (tertiary/aromatic N) is 2. The molecule has 2 aliphatic rings. The number of aromatic nitrogens is 1. The van der Waals surface area contributed by atoms with Crippen LogP contribution in [0.25, 0.3) is 0 Å². The molecule has 188 valence electrons. The second-order valence-corrected chi connectivity index (χ2v) is 9.39. The Morgan fingerprint density at radius 3 is 2.40 bits per heavy atom. The van der Waals surface area contributed by atoms with E-state index in [4.69, 9.17) is 0 Å². The van der Waals surface area contributed by atoms with Gasteiger partial charge in [-0.15, -0.1) is 0 Å². The Kier molecular flexibility index (Phi) is 7.30. The molecule has 0 bridgehead atoms. The van der Waals surface area contributed by atoms with Crippen LogP contribution in [0.15, 0.2) is 47.4 Å². The Balaban J connectivity index is 1.17. The molecule has 0 spiro atoms. The number of amides is 2. The molecule has 2 heterocycles. The summed E-state index contributed by atoms with van der Waals surface area (Å²) >= 11 is 0. The predicted molar refractivity (Wildman–Crippen MR) is 124 cm³/mol. The standard InChI is InChI=1S/C25H29F3N4O3/c1-16-5-10-23(34)32(13-16)21-8-6-20(7-9-21)31-14-19(15-31)30-22(33)12-29-24(35)17-3-2-4-18(11-17)25(26,27)28/h2-5,10-11,13,19-21H,6-9,12,14-15H2,1H3,(H,29,35)(H,30,33). The van der Waals surface area contributed by atoms with Gasteiger partial charge in [0.2, 0.25) is 5.91 Å². The largest absolute Gasteiger partial charge is 0.416 e. The minimum absolute atomic E-state index is 0.0231. The molecule has 1 aliphatic carbocycles. The number of aryl methyl sites for hydroxylation is 1. The molecule has 0 radical (unpaired) electrons. The van der Waals surface area contributed by atoms with Crippen molar-refractivity contribution in [3.05, 3.63) is 69.6 Å². The van der Waals surface area contributed by atoms with E-state index in [2.05, 4.69) is 15.5 Å². The third kappa shape index (κ3) is 6.11. The molecule has 35 heavy (non-hydrogen) atoms. The number of benzene rings is 1. The van der Waals surface area contributed by atoms with Gasteiger partial charge in [-0.1, -0.05) is 12.1 Å². The highest BCUT2D eigenvalue weighted by Crippen LogP contribution is 2.32. The molecule has 1 aromatic carbocycles. The molecular weight excluding hydrogens is 461 g/mol. The van der Waals surface area contributed by atoms with E-state index >= 15 is 0 Å². The molecule has 10 heteroatoms. The molecule has 4 rings (SSSR count). The average molecular weight is 491 g/mol. The molecule has 1 saturated carbocycles. The maximum Gasteiger partial charge on any atom is 0.416 e. The lowest BCUT2D eigenvalue weighted by molar-refractivity contribution is -0.137. The first-order chi connectivity index (χ1) is 16.6. The van der Waals surface area contributed by atoms with Crippen LogP contribution in [-0.2, 0) is 11.0 Å². The van der Waals surface area contributed by atoms with Crippen LogP contribution in [-0.4, -0.2) is 53.0 Å². The van der Waals surface area contributed by atoms with Crippen molar-refractivity contribution in [2.75, 3.05) is 19.6 Å². The zero-order valence-electron chi connectivity index (χ0n) is 19.5. The van der Waals surface area contributed by atoms with Gasteiger partial charge in [0.05, 0.1) is 18.2 Å². The summed E-state index contributed by atoms with van der Waals surface area (Å²) in [4.78, 5) is 38.8. The summed E-state index contributed by atoms with van der Waals surface area (Å²) in [5, 5.41) is 5.23. The molecular formula is C25H29F3N4O3. The minimum atomic E-state index is -4.54. The molecule has 1 saturated heterocycles. The molecule has 2 amide bonds. The lowest BCUT2D eigenvalue weighted by atomic mass is 9.87. The molecule has 2 N–H and O–H groups in total. The monoisotopic (exact) mass is 490 g/mol. The quantitative estimate of drug-likeness (QED) is 0.653. The van der Waals surface area contributed by atoms with Gasteiger partial charge >= 0.3 is 6.18 Å². The van der Waals surface area contributed by atoms with Crippen molar-refractivity contribution in [1.82, 2.24) is 20.1 Å². The molecule has 1 aromatic heterocycles. The SMILES string of the molecule is Cc1ccc(=O)n(C2CCC(N3CC(NC(=O)CNC(=O)c4cccc(C(F)(F)F)c4)C3)CC2)c1. The van der Waals surface area contributed by atoms with Crippen molar-refractivity contribution in [3.63, 3.8) is 0 Å². The first-order valence-corrected chi connectivity index (χ1v) is 11.8. The van der Waals surface area contributed by atoms with E-state index in [9.17, 15) is 27.6 Å². The van der Waals surface area contributed by atoms with Gasteiger partial charge in [0.25, 0.3) is 11.5 Å². The van der Waals surface area contributed by atoms with Crippen LogP contribution >= 0.6 is 0 Å². The van der Waals surface area contributed by atoms with Crippen LogP contribution in [0, 0.1) is 6.92 Å². The summed E-state index contributed by atoms with van der Waals surface area (Å²) in [5.41, 5.74) is 0.0418. The lowest BCUT2D eigenvalue weighted by Gasteiger charge is -2.46. The summed E-state index contributed by atoms with van der Waals surface area (Å²) in [5.74, 6) is -1.11. The van der Waals surface area contributed by atoms with Gasteiger partial charge < -0.3 is 15.2 Å².